The first-order valence-electron chi connectivity index (χ1n) is 8.15. The lowest BCUT2D eigenvalue weighted by molar-refractivity contribution is 0.0331. The van der Waals surface area contributed by atoms with Crippen LogP contribution in [0.1, 0.15) is 0 Å². The van der Waals surface area contributed by atoms with E-state index in [0.717, 1.165) is 65.6 Å². The van der Waals surface area contributed by atoms with E-state index in [4.69, 9.17) is 16.2 Å². The normalized spacial score (nSPS) is 21.2. The molecule has 0 spiro atoms. The molecule has 2 fully saturated rings. The monoisotopic (exact) mass is 305 g/mol. The smallest absolute Gasteiger partial charge is 0.0594 e. The summed E-state index contributed by atoms with van der Waals surface area (Å²) in [6.07, 6.45) is 0. The number of morpholine rings is 1. The van der Waals surface area contributed by atoms with Gasteiger partial charge in [0.2, 0.25) is 0 Å². The van der Waals surface area contributed by atoms with Gasteiger partial charge in [-0.25, -0.2) is 0 Å². The van der Waals surface area contributed by atoms with Gasteiger partial charge < -0.3 is 21.1 Å². The van der Waals surface area contributed by atoms with Gasteiger partial charge in [0.05, 0.1) is 24.6 Å². The summed E-state index contributed by atoms with van der Waals surface area (Å²) in [6, 6.07) is 5.95. The molecule has 0 atom stereocenters. The topological polar surface area (TPSA) is 71.0 Å². The minimum atomic E-state index is 0.660. The molecule has 0 radical (unpaired) electrons. The Morgan fingerprint density at radius 3 is 2.09 bits per heavy atom. The number of nitrogens with two attached hydrogens (primary N) is 2. The first-order valence-corrected chi connectivity index (χ1v) is 8.15. The molecule has 4 N–H and O–H groups in total. The van der Waals surface area contributed by atoms with Crippen LogP contribution in [0.15, 0.2) is 18.2 Å². The van der Waals surface area contributed by atoms with Gasteiger partial charge in [0.15, 0.2) is 0 Å². The van der Waals surface area contributed by atoms with Crippen molar-refractivity contribution in [3.05, 3.63) is 18.2 Å². The summed E-state index contributed by atoms with van der Waals surface area (Å²) in [4.78, 5) is 7.43. The van der Waals surface area contributed by atoms with Crippen molar-refractivity contribution >= 4 is 17.1 Å². The molecule has 3 rings (SSSR count). The lowest BCUT2D eigenvalue weighted by Gasteiger charge is -2.37. The quantitative estimate of drug-likeness (QED) is 0.780. The molecular formula is C16H27N5O. The predicted molar refractivity (Wildman–Crippen MR) is 91.2 cm³/mol. The van der Waals surface area contributed by atoms with Crippen LogP contribution in [-0.4, -0.2) is 75.4 Å². The van der Waals surface area contributed by atoms with E-state index in [1.54, 1.807) is 0 Å². The van der Waals surface area contributed by atoms with Crippen LogP contribution in [-0.2, 0) is 4.74 Å². The van der Waals surface area contributed by atoms with Crippen molar-refractivity contribution in [2.24, 2.45) is 0 Å². The summed E-state index contributed by atoms with van der Waals surface area (Å²) in [5.41, 5.74) is 14.2. The molecule has 1 aromatic carbocycles. The van der Waals surface area contributed by atoms with Crippen molar-refractivity contribution in [3.63, 3.8) is 0 Å². The van der Waals surface area contributed by atoms with Crippen molar-refractivity contribution in [2.45, 2.75) is 0 Å². The Morgan fingerprint density at radius 1 is 0.818 bits per heavy atom. The summed E-state index contributed by atoms with van der Waals surface area (Å²) in [5.74, 6) is 0. The Hall–Kier alpha value is -1.50. The fourth-order valence-electron chi connectivity index (χ4n) is 3.10. The zero-order valence-electron chi connectivity index (χ0n) is 13.2. The van der Waals surface area contributed by atoms with Gasteiger partial charge in [0.1, 0.15) is 0 Å². The zero-order chi connectivity index (χ0) is 15.4. The van der Waals surface area contributed by atoms with Crippen LogP contribution in [0.3, 0.4) is 0 Å². The number of anilines is 3. The van der Waals surface area contributed by atoms with Gasteiger partial charge in [0.25, 0.3) is 0 Å². The molecule has 2 aliphatic heterocycles. The van der Waals surface area contributed by atoms with E-state index in [1.165, 1.54) is 5.69 Å². The fraction of sp³-hybridized carbons (Fsp3) is 0.625. The predicted octanol–water partition coefficient (Wildman–Crippen LogP) is 0.305. The van der Waals surface area contributed by atoms with Gasteiger partial charge in [-0.2, -0.15) is 0 Å². The minimum absolute atomic E-state index is 0.660. The third kappa shape index (κ3) is 3.82. The highest BCUT2D eigenvalue weighted by Gasteiger charge is 2.18. The number of hydrogen-bond acceptors (Lipinski definition) is 6. The lowest BCUT2D eigenvalue weighted by Crippen LogP contribution is -2.49. The van der Waals surface area contributed by atoms with Crippen LogP contribution in [0.25, 0.3) is 0 Å². The molecule has 122 valence electrons. The summed E-state index contributed by atoms with van der Waals surface area (Å²) in [5, 5.41) is 0. The molecule has 0 aliphatic carbocycles. The number of rotatable bonds is 4. The lowest BCUT2D eigenvalue weighted by atomic mass is 10.2. The van der Waals surface area contributed by atoms with Gasteiger partial charge in [-0.15, -0.1) is 0 Å². The molecule has 6 heteroatoms. The van der Waals surface area contributed by atoms with Gasteiger partial charge in [-0.05, 0) is 18.2 Å². The molecule has 22 heavy (non-hydrogen) atoms. The highest BCUT2D eigenvalue weighted by Crippen LogP contribution is 2.23. The first-order chi connectivity index (χ1) is 10.7. The van der Waals surface area contributed by atoms with E-state index in [0.29, 0.717) is 11.4 Å². The van der Waals surface area contributed by atoms with E-state index in [9.17, 15) is 0 Å². The average Bonchev–Trinajstić information content (AvgIpc) is 2.57. The van der Waals surface area contributed by atoms with Crippen molar-refractivity contribution in [1.82, 2.24) is 9.80 Å². The molecule has 0 aromatic heterocycles. The minimum Gasteiger partial charge on any atom is -0.397 e. The maximum Gasteiger partial charge on any atom is 0.0594 e. The fourth-order valence-corrected chi connectivity index (χ4v) is 3.10. The van der Waals surface area contributed by atoms with E-state index < -0.39 is 0 Å². The van der Waals surface area contributed by atoms with Gasteiger partial charge >= 0.3 is 0 Å². The van der Waals surface area contributed by atoms with E-state index in [2.05, 4.69) is 20.8 Å². The van der Waals surface area contributed by atoms with Crippen molar-refractivity contribution in [1.29, 1.82) is 0 Å². The SMILES string of the molecule is Nc1ccc(N2CCN(CCN3CCOCC3)CC2)cc1N. The highest BCUT2D eigenvalue weighted by atomic mass is 16.5. The summed E-state index contributed by atoms with van der Waals surface area (Å²) < 4.78 is 5.39. The molecule has 0 bridgehead atoms. The Bertz CT molecular complexity index is 481. The maximum atomic E-state index is 5.91. The third-order valence-corrected chi connectivity index (χ3v) is 4.64. The Labute approximate surface area is 132 Å². The molecular weight excluding hydrogens is 278 g/mol. The highest BCUT2D eigenvalue weighted by molar-refractivity contribution is 5.69. The van der Waals surface area contributed by atoms with Crippen LogP contribution in [0.4, 0.5) is 17.1 Å². The second-order valence-corrected chi connectivity index (χ2v) is 6.10. The van der Waals surface area contributed by atoms with E-state index in [-0.39, 0.29) is 0 Å². The van der Waals surface area contributed by atoms with Gasteiger partial charge in [-0.3, -0.25) is 9.80 Å². The number of nitrogen functional groups attached to an aromatic ring is 2. The standard InChI is InChI=1S/C16H27N5O/c17-15-2-1-14(13-16(15)18)21-7-5-19(6-8-21)3-4-20-9-11-22-12-10-20/h1-2,13H,3-12,17-18H2. The zero-order valence-corrected chi connectivity index (χ0v) is 13.2. The second-order valence-electron chi connectivity index (χ2n) is 6.10. The van der Waals surface area contributed by atoms with Crippen molar-refractivity contribution in [3.8, 4) is 0 Å². The second kappa shape index (κ2) is 7.17. The molecule has 1 aromatic rings. The Morgan fingerprint density at radius 2 is 1.45 bits per heavy atom. The van der Waals surface area contributed by atoms with Crippen LogP contribution in [0.2, 0.25) is 0 Å². The van der Waals surface area contributed by atoms with Crippen molar-refractivity contribution in [2.75, 3.05) is 81.9 Å². The molecule has 2 saturated heterocycles. The number of nitrogens with zero attached hydrogens (tertiary/aromatic N) is 3. The summed E-state index contributed by atoms with van der Waals surface area (Å²) in [6.45, 7) is 10.5. The summed E-state index contributed by atoms with van der Waals surface area (Å²) in [7, 11) is 0. The van der Waals surface area contributed by atoms with Gasteiger partial charge in [0, 0.05) is 58.0 Å². The summed E-state index contributed by atoms with van der Waals surface area (Å²) >= 11 is 0. The number of ether oxygens (including phenoxy) is 1. The number of benzene rings is 1. The molecule has 2 aliphatic rings. The number of hydrogen-bond donors (Lipinski definition) is 2. The van der Waals surface area contributed by atoms with E-state index >= 15 is 0 Å². The van der Waals surface area contributed by atoms with Crippen LogP contribution >= 0.6 is 0 Å². The molecule has 0 unspecified atom stereocenters. The molecule has 2 heterocycles. The maximum absolute atomic E-state index is 5.91. The van der Waals surface area contributed by atoms with Crippen LogP contribution in [0.5, 0.6) is 0 Å². The largest absolute Gasteiger partial charge is 0.397 e. The molecule has 0 saturated carbocycles. The van der Waals surface area contributed by atoms with Gasteiger partial charge in [-0.1, -0.05) is 0 Å². The molecule has 0 amide bonds. The number of piperazine rings is 1. The third-order valence-electron chi connectivity index (χ3n) is 4.64. The first kappa shape index (κ1) is 15.4. The Kier molecular flexibility index (Phi) is 5.02. The van der Waals surface area contributed by atoms with Crippen molar-refractivity contribution < 1.29 is 4.74 Å². The van der Waals surface area contributed by atoms with Crippen LogP contribution in [0, 0.1) is 0 Å². The van der Waals surface area contributed by atoms with E-state index in [1.807, 2.05) is 12.1 Å². The molecule has 6 nitrogen and oxygen atoms in total. The Balaban J connectivity index is 1.44. The van der Waals surface area contributed by atoms with Crippen LogP contribution < -0.4 is 16.4 Å². The average molecular weight is 305 g/mol.